The maximum atomic E-state index is 15.1. The number of benzene rings is 6. The van der Waals surface area contributed by atoms with E-state index in [0.29, 0.717) is 45.2 Å². The Labute approximate surface area is 645 Å². The summed E-state index contributed by atoms with van der Waals surface area (Å²) >= 11 is 0. The predicted molar refractivity (Wildman–Crippen MR) is 426 cm³/mol. The summed E-state index contributed by atoms with van der Waals surface area (Å²) in [6.07, 6.45) is 19.5. The first-order valence-corrected chi connectivity index (χ1v) is 37.1. The molecule has 110 heavy (non-hydrogen) atoms. The van der Waals surface area contributed by atoms with Crippen molar-refractivity contribution in [2.24, 2.45) is 70.5 Å². The van der Waals surface area contributed by atoms with E-state index < -0.39 is 23.4 Å². The topological polar surface area (TPSA) is 50.8 Å². The van der Waals surface area contributed by atoms with Crippen LogP contribution in [0.15, 0.2) is 238 Å². The molecule has 0 fully saturated rings. The standard InChI is InChI=1S/C24H22F3N3.C24H33N3.C23H21F2N3.C22H29N3/c1-17-20(22-11-7-8-12-28(22)2)15-18(24(25,26)27)16-21(17)23-29(3)13-14-30(23)19-9-5-4-6-10-19;1-16-14-17(2)22(23-26(8)12-13-27(23)9)18(3)21(16)20-15-19(24(4,5)6)10-11-25(20)7;1-16-21(20-11-7-8-12-26(20)2)18(24)15-19(25)22(16)23-27(3)13-14-28(23)17-9-5-4-6-10-17;1-16-18(20-15-17(22(2,3)4)11-12-23(20)5)9-8-10-19(16)21-24(6)13-14-25(21)7/h4-16H,1-3H3;10-15H,1-9H3;4-15H,1-3H3;8-15H,1-7H3/q4*+2. The molecule has 0 N–H and O–H groups in total. The van der Waals surface area contributed by atoms with E-state index in [4.69, 9.17) is 0 Å². The molecule has 0 spiro atoms. The molecule has 0 amide bonds. The molecule has 0 unspecified atom stereocenters. The number of para-hydroxylation sites is 2. The lowest BCUT2D eigenvalue weighted by Crippen LogP contribution is -2.32. The number of hydrogen-bond acceptors (Lipinski definition) is 0. The van der Waals surface area contributed by atoms with Crippen LogP contribution in [0.5, 0.6) is 0 Å². The van der Waals surface area contributed by atoms with Gasteiger partial charge in [-0.3, -0.25) is 0 Å². The van der Waals surface area contributed by atoms with Crippen molar-refractivity contribution in [3.05, 3.63) is 300 Å². The van der Waals surface area contributed by atoms with Crippen LogP contribution >= 0.6 is 0 Å². The van der Waals surface area contributed by atoms with Crippen LogP contribution in [0.1, 0.15) is 91.6 Å². The highest BCUT2D eigenvalue weighted by Gasteiger charge is 2.37. The van der Waals surface area contributed by atoms with Crippen molar-refractivity contribution in [3.63, 3.8) is 0 Å². The van der Waals surface area contributed by atoms with E-state index in [0.717, 1.165) is 28.7 Å². The number of pyridine rings is 4. The molecule has 0 aliphatic heterocycles. The first-order valence-electron chi connectivity index (χ1n) is 37.1. The Kier molecular flexibility index (Phi) is 23.1. The van der Waals surface area contributed by atoms with Crippen LogP contribution in [0, 0.1) is 53.2 Å². The fourth-order valence-electron chi connectivity index (χ4n) is 15.0. The summed E-state index contributed by atoms with van der Waals surface area (Å²) in [5.74, 6) is 2.64. The zero-order valence-corrected chi connectivity index (χ0v) is 67.8. The van der Waals surface area contributed by atoms with E-state index in [1.165, 1.54) is 90.8 Å². The van der Waals surface area contributed by atoms with Gasteiger partial charge in [0.15, 0.2) is 24.8 Å². The summed E-state index contributed by atoms with van der Waals surface area (Å²) < 4.78 is 95.9. The third-order valence-corrected chi connectivity index (χ3v) is 21.1. The minimum Gasteiger partial charge on any atom is -0.233 e. The number of aromatic nitrogens is 12. The van der Waals surface area contributed by atoms with Crippen molar-refractivity contribution in [2.45, 2.75) is 100 Å². The van der Waals surface area contributed by atoms with Gasteiger partial charge in [0.25, 0.3) is 23.3 Å². The van der Waals surface area contributed by atoms with Crippen LogP contribution in [0.25, 0.3) is 102 Å². The Hall–Kier alpha value is -11.6. The summed E-state index contributed by atoms with van der Waals surface area (Å²) in [5.41, 5.74) is 21.8. The van der Waals surface area contributed by atoms with Gasteiger partial charge in [0.2, 0.25) is 22.8 Å². The molecule has 564 valence electrons. The van der Waals surface area contributed by atoms with Gasteiger partial charge in [0.1, 0.15) is 106 Å². The lowest BCUT2D eigenvalue weighted by Gasteiger charge is -2.20. The van der Waals surface area contributed by atoms with Gasteiger partial charge in [0, 0.05) is 60.2 Å². The molecule has 12 nitrogen and oxygen atoms in total. The Morgan fingerprint density at radius 3 is 1.23 bits per heavy atom. The van der Waals surface area contributed by atoms with Crippen molar-refractivity contribution in [1.82, 2.24) is 18.3 Å². The third-order valence-electron chi connectivity index (χ3n) is 21.1. The molecule has 0 saturated carbocycles. The maximum absolute atomic E-state index is 15.1. The molecule has 8 heterocycles. The first kappa shape index (κ1) is 79.5. The van der Waals surface area contributed by atoms with Gasteiger partial charge in [-0.2, -0.15) is 22.3 Å². The van der Waals surface area contributed by atoms with Gasteiger partial charge in [-0.05, 0) is 158 Å². The maximum Gasteiger partial charge on any atom is 0.416 e. The number of alkyl halides is 3. The van der Waals surface area contributed by atoms with E-state index in [9.17, 15) is 17.6 Å². The lowest BCUT2D eigenvalue weighted by molar-refractivity contribution is -0.660. The van der Waals surface area contributed by atoms with Gasteiger partial charge in [-0.15, -0.1) is 0 Å². The molecular formula is C93H105F5N12+8. The lowest BCUT2D eigenvalue weighted by atomic mass is 9.85. The molecule has 0 aliphatic carbocycles. The number of aryl methyl sites for hydroxylation is 12. The average Bonchev–Trinajstić information content (AvgIpc) is 1.35. The van der Waals surface area contributed by atoms with Crippen LogP contribution < -0.4 is 36.5 Å². The van der Waals surface area contributed by atoms with E-state index in [1.807, 2.05) is 197 Å². The largest absolute Gasteiger partial charge is 0.416 e. The molecule has 8 aromatic heterocycles. The van der Waals surface area contributed by atoms with Crippen molar-refractivity contribution < 1.29 is 58.5 Å². The number of hydrogen-bond donors (Lipinski definition) is 0. The summed E-state index contributed by atoms with van der Waals surface area (Å²) in [4.78, 5) is 0. The molecule has 14 aromatic rings. The van der Waals surface area contributed by atoms with E-state index in [1.54, 1.807) is 6.92 Å². The monoisotopic (exact) mass is 1480 g/mol. The quantitative estimate of drug-likeness (QED) is 0.0968. The number of imidazole rings is 4. The van der Waals surface area contributed by atoms with Crippen LogP contribution in [0.4, 0.5) is 22.0 Å². The van der Waals surface area contributed by atoms with Crippen molar-refractivity contribution in [2.75, 3.05) is 0 Å². The first-order chi connectivity index (χ1) is 52.0. The zero-order valence-electron chi connectivity index (χ0n) is 67.8. The van der Waals surface area contributed by atoms with Crippen LogP contribution in [0.2, 0.25) is 0 Å². The summed E-state index contributed by atoms with van der Waals surface area (Å²) in [7, 11) is 20.1. The second kappa shape index (κ2) is 31.9. The molecule has 6 aromatic carbocycles. The molecule has 0 saturated heterocycles. The fraction of sp³-hybridized carbons (Fsp3) is 0.269. The van der Waals surface area contributed by atoms with E-state index in [-0.39, 0.29) is 10.8 Å². The Morgan fingerprint density at radius 2 is 0.709 bits per heavy atom. The van der Waals surface area contributed by atoms with Crippen LogP contribution in [-0.4, -0.2) is 18.3 Å². The highest BCUT2D eigenvalue weighted by atomic mass is 19.4. The highest BCUT2D eigenvalue weighted by molar-refractivity contribution is 5.79. The van der Waals surface area contributed by atoms with Gasteiger partial charge in [-0.1, -0.05) is 90.1 Å². The second-order valence-electron chi connectivity index (χ2n) is 31.1. The van der Waals surface area contributed by atoms with E-state index in [2.05, 4.69) is 225 Å². The Bertz CT molecular complexity index is 5680. The number of rotatable bonds is 10. The Morgan fingerprint density at radius 1 is 0.291 bits per heavy atom. The van der Waals surface area contributed by atoms with Crippen LogP contribution in [-0.2, 0) is 87.5 Å². The molecule has 0 aliphatic rings. The van der Waals surface area contributed by atoms with Gasteiger partial charge >= 0.3 is 6.18 Å². The molecule has 0 bridgehead atoms. The fourth-order valence-corrected chi connectivity index (χ4v) is 15.0. The summed E-state index contributed by atoms with van der Waals surface area (Å²) in [5, 5.41) is 0. The Balaban J connectivity index is 0.000000146. The highest BCUT2D eigenvalue weighted by Crippen LogP contribution is 2.41. The van der Waals surface area contributed by atoms with Crippen molar-refractivity contribution >= 4 is 0 Å². The number of halogens is 5. The molecular weight excluding hydrogens is 1380 g/mol. The number of nitrogens with zero attached hydrogens (tertiary/aromatic N) is 12. The minimum atomic E-state index is -4.45. The second-order valence-corrected chi connectivity index (χ2v) is 31.1. The van der Waals surface area contributed by atoms with Crippen molar-refractivity contribution in [1.29, 1.82) is 0 Å². The predicted octanol–water partition coefficient (Wildman–Crippen LogP) is 16.7. The normalized spacial score (nSPS) is 11.6. The smallest absolute Gasteiger partial charge is 0.233 e. The zero-order chi connectivity index (χ0) is 79.7. The molecule has 17 heteroatoms. The minimum absolute atomic E-state index is 0.128. The molecule has 14 rings (SSSR count). The molecule has 0 radical (unpaired) electrons. The SMILES string of the molecule is Cc1c(-c2cc(C(C)(C)C)cc[n+]2C)cccc1-c1n(C)cc[n+]1C.Cc1c(-c2cccc[n+]2C)c(F)cc(F)c1-c1n(-c2ccccc2)cc[n+]1C.Cc1c(-c2cccc[n+]2C)cc(C(F)(F)F)cc1-c1n(-c2ccccc2)cc[n+]1C.Cc1cc(C)c(-c2n(C)cc[n+]2C)c(C)c1-c1cc(C(C)(C)C)cc[n+]1C. The summed E-state index contributed by atoms with van der Waals surface area (Å²) in [6, 6.07) is 51.9. The van der Waals surface area contributed by atoms with Crippen molar-refractivity contribution in [3.8, 4) is 102 Å². The summed E-state index contributed by atoms with van der Waals surface area (Å²) in [6.45, 7) is 26.2. The van der Waals surface area contributed by atoms with Gasteiger partial charge < -0.3 is 0 Å². The third kappa shape index (κ3) is 16.2. The molecule has 0 atom stereocenters. The van der Waals surface area contributed by atoms with E-state index >= 15 is 4.39 Å². The van der Waals surface area contributed by atoms with Crippen LogP contribution in [0.3, 0.4) is 0 Å². The van der Waals surface area contributed by atoms with Gasteiger partial charge in [0.05, 0.1) is 81.2 Å². The average molecular weight is 1490 g/mol. The van der Waals surface area contributed by atoms with Gasteiger partial charge in [-0.25, -0.2) is 54.5 Å².